The number of imidazole rings is 1. The van der Waals surface area contributed by atoms with Crippen molar-refractivity contribution >= 4 is 11.9 Å². The van der Waals surface area contributed by atoms with Gasteiger partial charge in [0, 0.05) is 5.56 Å². The third kappa shape index (κ3) is 3.74. The highest BCUT2D eigenvalue weighted by Gasteiger charge is 2.26. The summed E-state index contributed by atoms with van der Waals surface area (Å²) in [6.07, 6.45) is 1.48. The molecule has 0 aliphatic rings. The first-order valence-electron chi connectivity index (χ1n) is 8.73. The van der Waals surface area contributed by atoms with Crippen LogP contribution in [-0.2, 0) is 13.2 Å². The molecule has 142 valence electrons. The zero-order valence-electron chi connectivity index (χ0n) is 15.1. The highest BCUT2D eigenvalue weighted by Crippen LogP contribution is 2.32. The van der Waals surface area contributed by atoms with Gasteiger partial charge in [0.05, 0.1) is 30.6 Å². The zero-order valence-corrected chi connectivity index (χ0v) is 15.1. The molecule has 0 saturated heterocycles. The van der Waals surface area contributed by atoms with Crippen LogP contribution in [0.3, 0.4) is 0 Å². The van der Waals surface area contributed by atoms with E-state index in [1.165, 1.54) is 0 Å². The van der Waals surface area contributed by atoms with Crippen LogP contribution in [0.15, 0.2) is 30.3 Å². The van der Waals surface area contributed by atoms with Crippen molar-refractivity contribution in [3.63, 3.8) is 0 Å². The lowest BCUT2D eigenvalue weighted by molar-refractivity contribution is 0.248. The van der Waals surface area contributed by atoms with Crippen molar-refractivity contribution < 1.29 is 10.2 Å². The summed E-state index contributed by atoms with van der Waals surface area (Å²) in [6, 6.07) is 9.18. The van der Waals surface area contributed by atoms with Gasteiger partial charge in [-0.15, -0.1) is 0 Å². The van der Waals surface area contributed by atoms with Gasteiger partial charge in [0.1, 0.15) is 5.82 Å². The Morgan fingerprint density at radius 1 is 0.963 bits per heavy atom. The van der Waals surface area contributed by atoms with Crippen molar-refractivity contribution in [3.8, 4) is 11.4 Å². The van der Waals surface area contributed by atoms with Crippen LogP contribution in [0.1, 0.15) is 43.0 Å². The molecule has 0 spiro atoms. The largest absolute Gasteiger partial charge is 0.390 e. The molecule has 2 heterocycles. The predicted octanol–water partition coefficient (Wildman–Crippen LogP) is 1.27. The molecule has 0 aliphatic carbocycles. The molecule has 0 radical (unpaired) electrons. The molecule has 6 N–H and O–H groups in total. The maximum absolute atomic E-state index is 9.99. The van der Waals surface area contributed by atoms with Gasteiger partial charge in [0.2, 0.25) is 11.9 Å². The SMILES string of the molecule is CCCC(c1nc(N)nc(N)n1)n1c(-c2ccccc2)nc(CO)c1CO. The van der Waals surface area contributed by atoms with E-state index in [0.29, 0.717) is 29.5 Å². The first-order valence-corrected chi connectivity index (χ1v) is 8.73. The monoisotopic (exact) mass is 369 g/mol. The number of aliphatic hydroxyl groups is 2. The standard InChI is InChI=1S/C18H23N7O2/c1-2-6-13(15-22-17(19)24-18(20)23-15)25-14(10-27)12(9-26)21-16(25)11-7-4-3-5-8-11/h3-5,7-8,13,26-27H,2,6,9-10H2,1H3,(H4,19,20,22,23,24). The number of hydrogen-bond acceptors (Lipinski definition) is 8. The van der Waals surface area contributed by atoms with E-state index in [1.54, 1.807) is 0 Å². The summed E-state index contributed by atoms with van der Waals surface area (Å²) in [5.74, 6) is 1.08. The van der Waals surface area contributed by atoms with E-state index in [9.17, 15) is 10.2 Å². The van der Waals surface area contributed by atoms with Crippen LogP contribution in [0.2, 0.25) is 0 Å². The van der Waals surface area contributed by atoms with Gasteiger partial charge >= 0.3 is 0 Å². The highest BCUT2D eigenvalue weighted by molar-refractivity contribution is 5.57. The Hall–Kier alpha value is -3.04. The predicted molar refractivity (Wildman–Crippen MR) is 101 cm³/mol. The van der Waals surface area contributed by atoms with Gasteiger partial charge in [-0.05, 0) is 6.42 Å². The number of hydrogen-bond donors (Lipinski definition) is 4. The Labute approximate surface area is 156 Å². The molecule has 1 atom stereocenters. The number of nitrogen functional groups attached to an aromatic ring is 2. The molecule has 2 aromatic heterocycles. The minimum atomic E-state index is -0.368. The van der Waals surface area contributed by atoms with Crippen LogP contribution in [0, 0.1) is 0 Å². The lowest BCUT2D eigenvalue weighted by atomic mass is 10.1. The van der Waals surface area contributed by atoms with Gasteiger partial charge in [-0.25, -0.2) is 4.98 Å². The van der Waals surface area contributed by atoms with Crippen molar-refractivity contribution in [3.05, 3.63) is 47.5 Å². The van der Waals surface area contributed by atoms with Crippen LogP contribution in [0.25, 0.3) is 11.4 Å². The van der Waals surface area contributed by atoms with Crippen molar-refractivity contribution in [2.24, 2.45) is 0 Å². The maximum Gasteiger partial charge on any atom is 0.225 e. The molecule has 0 bridgehead atoms. The topological polar surface area (TPSA) is 149 Å². The molecular formula is C18H23N7O2. The molecule has 0 aliphatic heterocycles. The fourth-order valence-electron chi connectivity index (χ4n) is 3.16. The Kier molecular flexibility index (Phi) is 5.63. The van der Waals surface area contributed by atoms with Gasteiger partial charge in [0.15, 0.2) is 5.82 Å². The van der Waals surface area contributed by atoms with E-state index in [0.717, 1.165) is 12.0 Å². The molecule has 9 nitrogen and oxygen atoms in total. The van der Waals surface area contributed by atoms with Crippen molar-refractivity contribution in [2.45, 2.75) is 39.0 Å². The normalized spacial score (nSPS) is 12.3. The molecule has 3 aromatic rings. The lowest BCUT2D eigenvalue weighted by Crippen LogP contribution is -2.20. The molecule has 27 heavy (non-hydrogen) atoms. The molecular weight excluding hydrogens is 346 g/mol. The number of nitrogens with two attached hydrogens (primary N) is 2. The van der Waals surface area contributed by atoms with Gasteiger partial charge in [-0.2, -0.15) is 15.0 Å². The molecule has 1 unspecified atom stereocenters. The fraction of sp³-hybridized carbons (Fsp3) is 0.333. The van der Waals surface area contributed by atoms with E-state index >= 15 is 0 Å². The molecule has 3 rings (SSSR count). The summed E-state index contributed by atoms with van der Waals surface area (Å²) in [6.45, 7) is 1.46. The third-order valence-electron chi connectivity index (χ3n) is 4.28. The second-order valence-electron chi connectivity index (χ2n) is 6.10. The number of aliphatic hydroxyl groups excluding tert-OH is 2. The van der Waals surface area contributed by atoms with E-state index < -0.39 is 0 Å². The number of benzene rings is 1. The average Bonchev–Trinajstić information content (AvgIpc) is 3.04. The smallest absolute Gasteiger partial charge is 0.225 e. The van der Waals surface area contributed by atoms with Crippen LogP contribution in [0.4, 0.5) is 11.9 Å². The Balaban J connectivity index is 2.26. The summed E-state index contributed by atoms with van der Waals surface area (Å²) < 4.78 is 1.86. The molecule has 0 saturated carbocycles. The fourth-order valence-corrected chi connectivity index (χ4v) is 3.16. The first-order chi connectivity index (χ1) is 13.1. The summed E-state index contributed by atoms with van der Waals surface area (Å²) in [5.41, 5.74) is 13.3. The van der Waals surface area contributed by atoms with Crippen LogP contribution in [0.5, 0.6) is 0 Å². The lowest BCUT2D eigenvalue weighted by Gasteiger charge is -2.22. The number of nitrogens with zero attached hydrogens (tertiary/aromatic N) is 5. The number of aromatic nitrogens is 5. The summed E-state index contributed by atoms with van der Waals surface area (Å²) in [4.78, 5) is 16.9. The Morgan fingerprint density at radius 2 is 1.63 bits per heavy atom. The summed E-state index contributed by atoms with van der Waals surface area (Å²) in [7, 11) is 0. The van der Waals surface area contributed by atoms with Crippen LogP contribution >= 0.6 is 0 Å². The van der Waals surface area contributed by atoms with E-state index in [-0.39, 0.29) is 31.2 Å². The van der Waals surface area contributed by atoms with Gasteiger partial charge < -0.3 is 26.2 Å². The highest BCUT2D eigenvalue weighted by atomic mass is 16.3. The first kappa shape index (κ1) is 18.7. The Morgan fingerprint density at radius 3 is 2.19 bits per heavy atom. The summed E-state index contributed by atoms with van der Waals surface area (Å²) >= 11 is 0. The minimum absolute atomic E-state index is 0.0351. The van der Waals surface area contributed by atoms with E-state index in [4.69, 9.17) is 11.5 Å². The van der Waals surface area contributed by atoms with Gasteiger partial charge in [0.25, 0.3) is 0 Å². The number of rotatable bonds is 7. The van der Waals surface area contributed by atoms with Crippen LogP contribution < -0.4 is 11.5 Å². The zero-order chi connectivity index (χ0) is 19.4. The quantitative estimate of drug-likeness (QED) is 0.486. The molecule has 1 aromatic carbocycles. The molecule has 9 heteroatoms. The van der Waals surface area contributed by atoms with E-state index in [2.05, 4.69) is 19.9 Å². The number of anilines is 2. The molecule has 0 fully saturated rings. The summed E-state index contributed by atoms with van der Waals surface area (Å²) in [5, 5.41) is 19.7. The van der Waals surface area contributed by atoms with E-state index in [1.807, 2.05) is 41.8 Å². The molecule has 0 amide bonds. The van der Waals surface area contributed by atoms with Gasteiger partial charge in [-0.1, -0.05) is 43.7 Å². The Bertz CT molecular complexity index is 891. The third-order valence-corrected chi connectivity index (χ3v) is 4.28. The van der Waals surface area contributed by atoms with Crippen molar-refractivity contribution in [1.29, 1.82) is 0 Å². The average molecular weight is 369 g/mol. The second kappa shape index (κ2) is 8.11. The maximum atomic E-state index is 9.99. The van der Waals surface area contributed by atoms with Crippen molar-refractivity contribution in [1.82, 2.24) is 24.5 Å². The van der Waals surface area contributed by atoms with Gasteiger partial charge in [-0.3, -0.25) is 0 Å². The van der Waals surface area contributed by atoms with Crippen molar-refractivity contribution in [2.75, 3.05) is 11.5 Å². The van der Waals surface area contributed by atoms with Crippen LogP contribution in [-0.4, -0.2) is 34.7 Å². The second-order valence-corrected chi connectivity index (χ2v) is 6.10. The minimum Gasteiger partial charge on any atom is -0.390 e.